The number of allylic oxidation sites excluding steroid dienone is 1. The van der Waals surface area contributed by atoms with Crippen molar-refractivity contribution >= 4 is 45.8 Å². The number of ether oxygens (including phenoxy) is 1. The van der Waals surface area contributed by atoms with E-state index in [2.05, 4.69) is 18.5 Å². The van der Waals surface area contributed by atoms with E-state index >= 15 is 0 Å². The molecule has 7 nitrogen and oxygen atoms in total. The lowest BCUT2D eigenvalue weighted by atomic mass is 10.0. The van der Waals surface area contributed by atoms with Gasteiger partial charge in [-0.05, 0) is 30.9 Å². The van der Waals surface area contributed by atoms with Crippen LogP contribution < -0.4 is 19.8 Å². The van der Waals surface area contributed by atoms with Crippen LogP contribution in [0.15, 0.2) is 75.5 Å². The van der Waals surface area contributed by atoms with Crippen LogP contribution in [0.1, 0.15) is 43.2 Å². The average molecular weight is 520 g/mol. The largest absolute Gasteiger partial charge is 0.458 e. The summed E-state index contributed by atoms with van der Waals surface area (Å²) in [5.74, 6) is -0.718. The fourth-order valence-electron chi connectivity index (χ4n) is 4.60. The molecule has 0 fully saturated rings. The maximum absolute atomic E-state index is 14.0. The van der Waals surface area contributed by atoms with Gasteiger partial charge in [0.1, 0.15) is 17.2 Å². The average Bonchev–Trinajstić information content (AvgIpc) is 3.58. The summed E-state index contributed by atoms with van der Waals surface area (Å²) in [7, 11) is 0. The van der Waals surface area contributed by atoms with Crippen molar-refractivity contribution in [3.63, 3.8) is 0 Å². The Hall–Kier alpha value is -3.56. The molecule has 3 aromatic rings. The first kappa shape index (κ1) is 24.1. The zero-order valence-corrected chi connectivity index (χ0v) is 21.7. The molecule has 36 heavy (non-hydrogen) atoms. The van der Waals surface area contributed by atoms with Crippen molar-refractivity contribution in [3.8, 4) is 0 Å². The number of carbonyl (C=O) groups is 2. The van der Waals surface area contributed by atoms with E-state index in [1.54, 1.807) is 11.8 Å². The number of rotatable bonds is 7. The van der Waals surface area contributed by atoms with Crippen LogP contribution in [-0.2, 0) is 14.3 Å². The maximum atomic E-state index is 14.0. The van der Waals surface area contributed by atoms with E-state index in [1.165, 1.54) is 33.3 Å². The molecule has 9 heteroatoms. The van der Waals surface area contributed by atoms with Gasteiger partial charge in [0.25, 0.3) is 11.5 Å². The molecule has 4 heterocycles. The number of nitrogens with zero attached hydrogens (tertiary/aromatic N) is 3. The molecule has 1 unspecified atom stereocenters. The Balaban J connectivity index is 1.75. The summed E-state index contributed by atoms with van der Waals surface area (Å²) in [5.41, 5.74) is 2.42. The molecule has 0 bridgehead atoms. The van der Waals surface area contributed by atoms with Gasteiger partial charge in [-0.1, -0.05) is 61.6 Å². The summed E-state index contributed by atoms with van der Waals surface area (Å²) >= 11 is 2.64. The third-order valence-electron chi connectivity index (χ3n) is 6.25. The predicted molar refractivity (Wildman–Crippen MR) is 142 cm³/mol. The third-order valence-corrected chi connectivity index (χ3v) is 8.23. The minimum absolute atomic E-state index is 0.0558. The van der Waals surface area contributed by atoms with Crippen LogP contribution in [0.4, 0.5) is 5.69 Å². The maximum Gasteiger partial charge on any atom is 0.338 e. The molecular weight excluding hydrogens is 494 g/mol. The lowest BCUT2D eigenvalue weighted by Crippen LogP contribution is -2.40. The highest BCUT2D eigenvalue weighted by atomic mass is 32.1. The van der Waals surface area contributed by atoms with Gasteiger partial charge in [-0.15, -0.1) is 11.3 Å². The number of aromatic nitrogens is 1. The second-order valence-corrected chi connectivity index (χ2v) is 10.5. The fraction of sp³-hybridized carbons (Fsp3) is 0.259. The molecule has 2 aromatic heterocycles. The molecule has 184 valence electrons. The van der Waals surface area contributed by atoms with Gasteiger partial charge in [-0.3, -0.25) is 14.2 Å². The number of unbranched alkanes of at least 4 members (excludes halogenated alkanes) is 1. The normalized spacial score (nSPS) is 18.1. The Bertz CT molecular complexity index is 1580. The number of hydrogen-bond donors (Lipinski definition) is 0. The van der Waals surface area contributed by atoms with Gasteiger partial charge in [0.15, 0.2) is 4.80 Å². The number of benzene rings is 1. The molecule has 0 saturated carbocycles. The highest BCUT2D eigenvalue weighted by Gasteiger charge is 2.37. The van der Waals surface area contributed by atoms with Crippen molar-refractivity contribution < 1.29 is 14.3 Å². The topological polar surface area (TPSA) is 81.0 Å². The highest BCUT2D eigenvalue weighted by Crippen LogP contribution is 2.36. The number of thiophene rings is 1. The van der Waals surface area contributed by atoms with Crippen LogP contribution in [0.5, 0.6) is 0 Å². The molecule has 1 amide bonds. The highest BCUT2D eigenvalue weighted by molar-refractivity contribution is 7.10. The molecule has 0 saturated heterocycles. The minimum atomic E-state index is -0.684. The van der Waals surface area contributed by atoms with Crippen molar-refractivity contribution in [2.45, 2.75) is 32.7 Å². The lowest BCUT2D eigenvalue weighted by Gasteiger charge is -2.23. The van der Waals surface area contributed by atoms with E-state index in [4.69, 9.17) is 4.74 Å². The Morgan fingerprint density at radius 2 is 2.03 bits per heavy atom. The van der Waals surface area contributed by atoms with E-state index in [0.717, 1.165) is 29.0 Å². The quantitative estimate of drug-likeness (QED) is 0.353. The Morgan fingerprint density at radius 3 is 2.75 bits per heavy atom. The lowest BCUT2D eigenvalue weighted by molar-refractivity contribution is -0.138. The zero-order chi connectivity index (χ0) is 25.4. The van der Waals surface area contributed by atoms with Crippen molar-refractivity contribution in [3.05, 3.63) is 95.8 Å². The molecule has 0 N–H and O–H groups in total. The van der Waals surface area contributed by atoms with Crippen molar-refractivity contribution in [2.75, 3.05) is 18.1 Å². The first-order chi connectivity index (χ1) is 17.5. The van der Waals surface area contributed by atoms with E-state index in [0.29, 0.717) is 32.7 Å². The van der Waals surface area contributed by atoms with E-state index in [9.17, 15) is 14.4 Å². The Labute approximate surface area is 216 Å². The Morgan fingerprint density at radius 1 is 1.22 bits per heavy atom. The molecule has 1 atom stereocenters. The summed E-state index contributed by atoms with van der Waals surface area (Å²) in [6, 6.07) is 10.7. The third kappa shape index (κ3) is 3.88. The van der Waals surface area contributed by atoms with Crippen LogP contribution in [0.25, 0.3) is 5.57 Å². The van der Waals surface area contributed by atoms with Crippen LogP contribution in [0.2, 0.25) is 0 Å². The van der Waals surface area contributed by atoms with Crippen LogP contribution in [-0.4, -0.2) is 29.6 Å². The summed E-state index contributed by atoms with van der Waals surface area (Å²) in [5, 5.41) is 1.90. The van der Waals surface area contributed by atoms with Crippen molar-refractivity contribution in [2.24, 2.45) is 4.99 Å². The van der Waals surface area contributed by atoms with Gasteiger partial charge >= 0.3 is 5.97 Å². The molecule has 2 aliphatic heterocycles. The summed E-state index contributed by atoms with van der Waals surface area (Å²) in [6.45, 7) is 8.07. The van der Waals surface area contributed by atoms with Gasteiger partial charge in [0.05, 0.1) is 22.5 Å². The number of thiazole rings is 1. The SMILES string of the molecule is C=CCOC(=O)C1=C(C)N=c2s/c(=C3\C(=O)N(CCCC)c4ccccc43)c(=O)n2C1c1cccs1. The molecule has 0 aliphatic carbocycles. The van der Waals surface area contributed by atoms with Crippen LogP contribution in [0.3, 0.4) is 0 Å². The Kier molecular flexibility index (Phi) is 6.59. The molecule has 0 radical (unpaired) electrons. The number of amides is 1. The van der Waals surface area contributed by atoms with Gasteiger partial charge in [-0.2, -0.15) is 0 Å². The zero-order valence-electron chi connectivity index (χ0n) is 20.0. The smallest absolute Gasteiger partial charge is 0.338 e. The molecule has 0 spiro atoms. The second-order valence-electron chi connectivity index (χ2n) is 8.51. The van der Waals surface area contributed by atoms with Crippen molar-refractivity contribution in [1.82, 2.24) is 4.57 Å². The number of esters is 1. The number of carbonyl (C=O) groups excluding carboxylic acids is 2. The summed E-state index contributed by atoms with van der Waals surface area (Å²) in [4.78, 5) is 48.3. The predicted octanol–water partition coefficient (Wildman–Crippen LogP) is 3.54. The number of hydrogen-bond acceptors (Lipinski definition) is 7. The van der Waals surface area contributed by atoms with Crippen LogP contribution >= 0.6 is 22.7 Å². The number of fused-ring (bicyclic) bond motifs is 2. The number of anilines is 1. The number of para-hydroxylation sites is 1. The van der Waals surface area contributed by atoms with E-state index < -0.39 is 12.0 Å². The van der Waals surface area contributed by atoms with Gasteiger partial charge in [0, 0.05) is 17.0 Å². The van der Waals surface area contributed by atoms with Crippen LogP contribution in [0, 0.1) is 0 Å². The first-order valence-electron chi connectivity index (χ1n) is 11.8. The molecule has 1 aromatic carbocycles. The van der Waals surface area contributed by atoms with Crippen molar-refractivity contribution in [1.29, 1.82) is 0 Å². The first-order valence-corrected chi connectivity index (χ1v) is 13.4. The second kappa shape index (κ2) is 9.83. The minimum Gasteiger partial charge on any atom is -0.458 e. The van der Waals surface area contributed by atoms with Gasteiger partial charge in [0.2, 0.25) is 0 Å². The van der Waals surface area contributed by atoms with Gasteiger partial charge in [-0.25, -0.2) is 9.79 Å². The standard InChI is InChI=1S/C27H25N3O4S2/c1-4-6-13-29-18-11-8-7-10-17(18)21(24(29)31)23-25(32)30-22(19-12-9-15-35-19)20(26(33)34-14-5-2)16(3)28-27(30)36-23/h5,7-12,15,22H,2,4,6,13-14H2,1,3H3/b23-21-. The van der Waals surface area contributed by atoms with E-state index in [1.807, 2.05) is 41.8 Å². The molecule has 2 aliphatic rings. The molecule has 5 rings (SSSR count). The fourth-order valence-corrected chi connectivity index (χ4v) is 6.56. The summed E-state index contributed by atoms with van der Waals surface area (Å²) in [6.07, 6.45) is 3.31. The monoisotopic (exact) mass is 519 g/mol. The summed E-state index contributed by atoms with van der Waals surface area (Å²) < 4.78 is 7.22. The molecular formula is C27H25N3O4S2. The van der Waals surface area contributed by atoms with Gasteiger partial charge < -0.3 is 9.64 Å². The van der Waals surface area contributed by atoms with E-state index in [-0.39, 0.29) is 18.1 Å².